The molecule has 132 valence electrons. The van der Waals surface area contributed by atoms with Crippen molar-refractivity contribution < 1.29 is 39.2 Å². The fraction of sp³-hybridized carbons (Fsp3) is 0.500. The van der Waals surface area contributed by atoms with Gasteiger partial charge in [-0.2, -0.15) is 0 Å². The first-order chi connectivity index (χ1) is 11.3. The zero-order chi connectivity index (χ0) is 17.9. The number of nitro groups is 1. The smallest absolute Gasteiger partial charge is 0.329 e. The maximum absolute atomic E-state index is 10.6. The summed E-state index contributed by atoms with van der Waals surface area (Å²) in [5, 5.41) is 39.4. The molecule has 0 bridgehead atoms. The first-order valence-corrected chi connectivity index (χ1v) is 7.05. The molecule has 3 N–H and O–H groups in total. The SMILES string of the molecule is C[C@@H]1O[C@H](Oc2ccc([N+](=O)[O-])cc2)[C@@H](O)[C@H](OCC(=O)O)[C@@H]1O. The van der Waals surface area contributed by atoms with Gasteiger partial charge in [0.05, 0.1) is 11.0 Å². The predicted molar refractivity (Wildman–Crippen MR) is 77.4 cm³/mol. The van der Waals surface area contributed by atoms with Crippen LogP contribution in [0.4, 0.5) is 5.69 Å². The van der Waals surface area contributed by atoms with Crippen molar-refractivity contribution in [3.05, 3.63) is 34.4 Å². The third-order valence-electron chi connectivity index (χ3n) is 3.48. The number of rotatable bonds is 6. The molecule has 0 spiro atoms. The number of aliphatic hydroxyl groups is 2. The van der Waals surface area contributed by atoms with Crippen molar-refractivity contribution in [2.75, 3.05) is 6.61 Å². The van der Waals surface area contributed by atoms with Crippen LogP contribution in [0.1, 0.15) is 6.92 Å². The number of carboxylic acids is 1. The van der Waals surface area contributed by atoms with Gasteiger partial charge in [0.2, 0.25) is 6.29 Å². The minimum atomic E-state index is -1.45. The van der Waals surface area contributed by atoms with Crippen LogP contribution in [0.2, 0.25) is 0 Å². The van der Waals surface area contributed by atoms with Crippen LogP contribution in [0.3, 0.4) is 0 Å². The second-order valence-electron chi connectivity index (χ2n) is 5.23. The minimum absolute atomic E-state index is 0.126. The Kier molecular flexibility index (Phi) is 5.67. The molecule has 0 saturated carbocycles. The molecule has 10 heteroatoms. The average molecular weight is 343 g/mol. The van der Waals surface area contributed by atoms with Gasteiger partial charge in [0.25, 0.3) is 5.69 Å². The van der Waals surface area contributed by atoms with E-state index >= 15 is 0 Å². The first kappa shape index (κ1) is 18.1. The van der Waals surface area contributed by atoms with Crippen molar-refractivity contribution in [2.45, 2.75) is 37.6 Å². The molecule has 1 saturated heterocycles. The Balaban J connectivity index is 2.08. The monoisotopic (exact) mass is 343 g/mol. The number of carboxylic acid groups (broad SMARTS) is 1. The average Bonchev–Trinajstić information content (AvgIpc) is 2.52. The number of nitro benzene ring substituents is 1. The Hall–Kier alpha value is -2.27. The Morgan fingerprint density at radius 1 is 1.29 bits per heavy atom. The number of hydrogen-bond acceptors (Lipinski definition) is 8. The van der Waals surface area contributed by atoms with Gasteiger partial charge in [-0.3, -0.25) is 10.1 Å². The quantitative estimate of drug-likeness (QED) is 0.476. The van der Waals surface area contributed by atoms with Gasteiger partial charge < -0.3 is 29.5 Å². The number of aliphatic hydroxyl groups excluding tert-OH is 2. The van der Waals surface area contributed by atoms with Gasteiger partial charge in [-0.05, 0) is 19.1 Å². The number of hydrogen-bond donors (Lipinski definition) is 3. The molecular weight excluding hydrogens is 326 g/mol. The van der Waals surface area contributed by atoms with Crippen LogP contribution < -0.4 is 4.74 Å². The normalized spacial score (nSPS) is 29.9. The molecule has 1 aromatic carbocycles. The predicted octanol–water partition coefficient (Wildman–Crippen LogP) is -0.0900. The van der Waals surface area contributed by atoms with E-state index in [1.54, 1.807) is 0 Å². The molecule has 2 rings (SSSR count). The maximum atomic E-state index is 10.6. The van der Waals surface area contributed by atoms with Gasteiger partial charge in [0.1, 0.15) is 30.7 Å². The lowest BCUT2D eigenvalue weighted by Gasteiger charge is -2.40. The highest BCUT2D eigenvalue weighted by molar-refractivity contribution is 5.68. The largest absolute Gasteiger partial charge is 0.480 e. The van der Waals surface area contributed by atoms with E-state index in [1.165, 1.54) is 31.2 Å². The molecular formula is C14H17NO9. The highest BCUT2D eigenvalue weighted by atomic mass is 16.7. The van der Waals surface area contributed by atoms with Gasteiger partial charge in [0.15, 0.2) is 0 Å². The summed E-state index contributed by atoms with van der Waals surface area (Å²) in [5.41, 5.74) is -0.126. The molecule has 1 aliphatic heterocycles. The highest BCUT2D eigenvalue weighted by Crippen LogP contribution is 2.27. The van der Waals surface area contributed by atoms with Crippen LogP contribution in [-0.4, -0.2) is 63.5 Å². The summed E-state index contributed by atoms with van der Waals surface area (Å²) in [5.74, 6) is -1.05. The van der Waals surface area contributed by atoms with Gasteiger partial charge in [0, 0.05) is 12.1 Å². The summed E-state index contributed by atoms with van der Waals surface area (Å²) >= 11 is 0. The van der Waals surface area contributed by atoms with Crippen LogP contribution >= 0.6 is 0 Å². The van der Waals surface area contributed by atoms with Crippen molar-refractivity contribution in [3.8, 4) is 5.75 Å². The number of ether oxygens (including phenoxy) is 3. The fourth-order valence-corrected chi connectivity index (χ4v) is 2.24. The molecule has 24 heavy (non-hydrogen) atoms. The van der Waals surface area contributed by atoms with E-state index < -0.39 is 48.2 Å². The van der Waals surface area contributed by atoms with Crippen molar-refractivity contribution in [2.24, 2.45) is 0 Å². The molecule has 1 aliphatic rings. The van der Waals surface area contributed by atoms with Crippen molar-refractivity contribution in [1.82, 2.24) is 0 Å². The van der Waals surface area contributed by atoms with Crippen LogP contribution in [0.25, 0.3) is 0 Å². The maximum Gasteiger partial charge on any atom is 0.329 e. The second-order valence-corrected chi connectivity index (χ2v) is 5.23. The number of aliphatic carboxylic acids is 1. The molecule has 5 atom stereocenters. The van der Waals surface area contributed by atoms with Crippen molar-refractivity contribution in [1.29, 1.82) is 0 Å². The van der Waals surface area contributed by atoms with Crippen LogP contribution in [0.15, 0.2) is 24.3 Å². The zero-order valence-corrected chi connectivity index (χ0v) is 12.6. The molecule has 0 amide bonds. The first-order valence-electron chi connectivity index (χ1n) is 7.05. The molecule has 1 heterocycles. The van der Waals surface area contributed by atoms with Crippen LogP contribution in [0.5, 0.6) is 5.75 Å². The Morgan fingerprint density at radius 3 is 2.46 bits per heavy atom. The summed E-state index contributed by atoms with van der Waals surface area (Å²) < 4.78 is 15.8. The van der Waals surface area contributed by atoms with E-state index in [9.17, 15) is 25.1 Å². The standard InChI is InChI=1S/C14H17NO9/c1-7-11(18)13(22-6-10(16)17)12(19)14(23-7)24-9-4-2-8(3-5-9)15(20)21/h2-5,7,11-14,18-19H,6H2,1H3,(H,16,17)/t7-,11+,12-,13+,14+/m0/s1. The second kappa shape index (κ2) is 7.53. The van der Waals surface area contributed by atoms with Gasteiger partial charge in [-0.1, -0.05) is 0 Å². The molecule has 0 aliphatic carbocycles. The van der Waals surface area contributed by atoms with Crippen molar-refractivity contribution >= 4 is 11.7 Å². The summed E-state index contributed by atoms with van der Waals surface area (Å²) in [7, 11) is 0. The van der Waals surface area contributed by atoms with Gasteiger partial charge in [-0.15, -0.1) is 0 Å². The van der Waals surface area contributed by atoms with E-state index in [-0.39, 0.29) is 11.4 Å². The van der Waals surface area contributed by atoms with E-state index in [1.807, 2.05) is 0 Å². The lowest BCUT2D eigenvalue weighted by molar-refractivity contribution is -0.384. The number of carbonyl (C=O) groups is 1. The molecule has 0 radical (unpaired) electrons. The summed E-state index contributed by atoms with van der Waals surface area (Å²) in [6.45, 7) is 0.815. The molecule has 10 nitrogen and oxygen atoms in total. The summed E-state index contributed by atoms with van der Waals surface area (Å²) in [6.07, 6.45) is -5.92. The molecule has 1 fully saturated rings. The fourth-order valence-electron chi connectivity index (χ4n) is 2.24. The molecule has 0 unspecified atom stereocenters. The Morgan fingerprint density at radius 2 is 1.92 bits per heavy atom. The zero-order valence-electron chi connectivity index (χ0n) is 12.6. The van der Waals surface area contributed by atoms with Gasteiger partial charge in [-0.25, -0.2) is 4.79 Å². The van der Waals surface area contributed by atoms with Crippen LogP contribution in [0, 0.1) is 10.1 Å². The number of nitrogens with zero attached hydrogens (tertiary/aromatic N) is 1. The third kappa shape index (κ3) is 4.17. The minimum Gasteiger partial charge on any atom is -0.480 e. The topological polar surface area (TPSA) is 149 Å². The lowest BCUT2D eigenvalue weighted by Crippen LogP contribution is -2.59. The Labute approximate surface area is 136 Å². The van der Waals surface area contributed by atoms with Crippen molar-refractivity contribution in [3.63, 3.8) is 0 Å². The Bertz CT molecular complexity index is 590. The van der Waals surface area contributed by atoms with E-state index in [0.717, 1.165) is 0 Å². The van der Waals surface area contributed by atoms with Crippen LogP contribution in [-0.2, 0) is 14.3 Å². The molecule has 0 aromatic heterocycles. The van der Waals surface area contributed by atoms with E-state index in [4.69, 9.17) is 19.3 Å². The van der Waals surface area contributed by atoms with Gasteiger partial charge >= 0.3 is 5.97 Å². The van der Waals surface area contributed by atoms with E-state index in [2.05, 4.69) is 0 Å². The van der Waals surface area contributed by atoms with E-state index in [0.29, 0.717) is 0 Å². The summed E-state index contributed by atoms with van der Waals surface area (Å²) in [6, 6.07) is 5.11. The molecule has 1 aromatic rings. The lowest BCUT2D eigenvalue weighted by atomic mass is 9.99. The third-order valence-corrected chi connectivity index (χ3v) is 3.48. The number of benzene rings is 1. The summed E-state index contributed by atoms with van der Waals surface area (Å²) in [4.78, 5) is 20.6. The highest BCUT2D eigenvalue weighted by Gasteiger charge is 2.45. The number of non-ortho nitro benzene ring substituents is 1.